The lowest BCUT2D eigenvalue weighted by atomic mass is 9.98. The van der Waals surface area contributed by atoms with E-state index in [1.807, 2.05) is 13.8 Å². The van der Waals surface area contributed by atoms with Gasteiger partial charge in [-0.25, -0.2) is 14.4 Å². The molecule has 0 aliphatic carbocycles. The maximum atomic E-state index is 11.7. The van der Waals surface area contributed by atoms with Gasteiger partial charge in [-0.15, -0.1) is 0 Å². The zero-order valence-electron chi connectivity index (χ0n) is 13.4. The molecule has 0 heterocycles. The maximum absolute atomic E-state index is 11.7. The summed E-state index contributed by atoms with van der Waals surface area (Å²) in [6.07, 6.45) is 0.717. The smallest absolute Gasteiger partial charge is 0.336 e. The minimum absolute atomic E-state index is 0.139. The van der Waals surface area contributed by atoms with Gasteiger partial charge in [0.05, 0.1) is 17.7 Å². The Hall–Kier alpha value is -2.63. The number of esters is 1. The molecule has 6 heteroatoms. The van der Waals surface area contributed by atoms with Crippen molar-refractivity contribution < 1.29 is 29.3 Å². The average molecular weight is 320 g/mol. The number of carbonyl (C=O) groups is 3. The van der Waals surface area contributed by atoms with Crippen molar-refractivity contribution in [2.24, 2.45) is 0 Å². The molecule has 1 aromatic rings. The molecule has 0 aliphatic rings. The lowest BCUT2D eigenvalue weighted by Crippen LogP contribution is -2.13. The Labute approximate surface area is 134 Å². The highest BCUT2D eigenvalue weighted by Gasteiger charge is 2.19. The van der Waals surface area contributed by atoms with Gasteiger partial charge in [-0.3, -0.25) is 0 Å². The van der Waals surface area contributed by atoms with Gasteiger partial charge in [0.2, 0.25) is 0 Å². The van der Waals surface area contributed by atoms with Crippen LogP contribution < -0.4 is 0 Å². The van der Waals surface area contributed by atoms with E-state index in [0.29, 0.717) is 24.0 Å². The number of hydrogen-bond donors (Lipinski definition) is 2. The maximum Gasteiger partial charge on any atom is 0.336 e. The Morgan fingerprint density at radius 3 is 2.22 bits per heavy atom. The molecule has 0 saturated carbocycles. The summed E-state index contributed by atoms with van der Waals surface area (Å²) in [7, 11) is 0. The van der Waals surface area contributed by atoms with E-state index in [1.54, 1.807) is 13.0 Å². The van der Waals surface area contributed by atoms with Gasteiger partial charge in [-0.1, -0.05) is 17.7 Å². The van der Waals surface area contributed by atoms with E-state index in [-0.39, 0.29) is 17.7 Å². The van der Waals surface area contributed by atoms with Crippen LogP contribution in [-0.2, 0) is 16.0 Å². The second kappa shape index (κ2) is 8.12. The normalized spacial score (nSPS) is 10.0. The Kier molecular flexibility index (Phi) is 6.50. The van der Waals surface area contributed by atoms with Crippen LogP contribution in [0.4, 0.5) is 0 Å². The molecular formula is C17H20O6. The lowest BCUT2D eigenvalue weighted by Gasteiger charge is -2.10. The summed E-state index contributed by atoms with van der Waals surface area (Å²) in [6, 6.07) is 4.33. The topological polar surface area (TPSA) is 101 Å². The molecular weight excluding hydrogens is 300 g/mol. The van der Waals surface area contributed by atoms with Gasteiger partial charge in [0.1, 0.15) is 0 Å². The van der Waals surface area contributed by atoms with Gasteiger partial charge >= 0.3 is 17.9 Å². The number of ether oxygens (including phenoxy) is 1. The fourth-order valence-corrected chi connectivity index (χ4v) is 1.98. The standard InChI is InChI=1S/C17H20O6/c1-10(2)11(3)17(22)23-9-5-7-12-6-4-8-13(15(18)19)14(12)16(20)21/h4,6,8H,5,7,9H2,1-3H3,(H,18,19)(H,20,21). The molecule has 6 nitrogen and oxygen atoms in total. The van der Waals surface area contributed by atoms with Gasteiger partial charge in [-0.2, -0.15) is 0 Å². The molecule has 0 fully saturated rings. The van der Waals surface area contributed by atoms with Gasteiger partial charge in [0.15, 0.2) is 0 Å². The van der Waals surface area contributed by atoms with Gasteiger partial charge in [0.25, 0.3) is 0 Å². The highest BCUT2D eigenvalue weighted by atomic mass is 16.5. The third-order valence-electron chi connectivity index (χ3n) is 3.47. The number of rotatable bonds is 7. The van der Waals surface area contributed by atoms with Crippen molar-refractivity contribution >= 4 is 17.9 Å². The van der Waals surface area contributed by atoms with Crippen molar-refractivity contribution in [2.45, 2.75) is 33.6 Å². The molecule has 0 radical (unpaired) electrons. The largest absolute Gasteiger partial charge is 0.478 e. The second-order valence-corrected chi connectivity index (χ2v) is 5.31. The molecule has 0 aliphatic heterocycles. The van der Waals surface area contributed by atoms with E-state index >= 15 is 0 Å². The van der Waals surface area contributed by atoms with Crippen molar-refractivity contribution in [3.63, 3.8) is 0 Å². The molecule has 1 rings (SSSR count). The summed E-state index contributed by atoms with van der Waals surface area (Å²) in [5.74, 6) is -2.96. The number of aromatic carboxylic acids is 2. The SMILES string of the molecule is CC(C)=C(C)C(=O)OCCCc1cccc(C(=O)O)c1C(=O)O. The first-order valence-corrected chi connectivity index (χ1v) is 7.15. The first-order chi connectivity index (χ1) is 10.8. The summed E-state index contributed by atoms with van der Waals surface area (Å²) in [5, 5.41) is 18.3. The molecule has 0 aromatic heterocycles. The minimum atomic E-state index is -1.28. The van der Waals surface area contributed by atoms with Crippen LogP contribution in [0.5, 0.6) is 0 Å². The summed E-state index contributed by atoms with van der Waals surface area (Å²) in [6.45, 7) is 5.44. The monoisotopic (exact) mass is 320 g/mol. The fraction of sp³-hybridized carbons (Fsp3) is 0.353. The molecule has 0 spiro atoms. The molecule has 23 heavy (non-hydrogen) atoms. The van der Waals surface area contributed by atoms with E-state index in [0.717, 1.165) is 5.57 Å². The number of allylic oxidation sites excluding steroid dienone is 1. The van der Waals surface area contributed by atoms with Crippen LogP contribution in [0.2, 0.25) is 0 Å². The average Bonchev–Trinajstić information content (AvgIpc) is 2.49. The Balaban J connectivity index is 2.74. The summed E-state index contributed by atoms with van der Waals surface area (Å²) < 4.78 is 5.10. The molecule has 124 valence electrons. The molecule has 0 unspecified atom stereocenters. The first-order valence-electron chi connectivity index (χ1n) is 7.15. The molecule has 0 bridgehead atoms. The van der Waals surface area contributed by atoms with Crippen molar-refractivity contribution in [3.05, 3.63) is 46.0 Å². The summed E-state index contributed by atoms with van der Waals surface area (Å²) >= 11 is 0. The van der Waals surface area contributed by atoms with Crippen LogP contribution in [-0.4, -0.2) is 34.7 Å². The van der Waals surface area contributed by atoms with Crippen LogP contribution in [0, 0.1) is 0 Å². The minimum Gasteiger partial charge on any atom is -0.478 e. The summed E-state index contributed by atoms with van der Waals surface area (Å²) in [4.78, 5) is 34.1. The number of carbonyl (C=O) groups excluding carboxylic acids is 1. The van der Waals surface area contributed by atoms with E-state index in [1.165, 1.54) is 12.1 Å². The number of carboxylic acids is 2. The first kappa shape index (κ1) is 18.4. The zero-order valence-corrected chi connectivity index (χ0v) is 13.4. The fourth-order valence-electron chi connectivity index (χ4n) is 1.98. The van der Waals surface area contributed by atoms with E-state index in [9.17, 15) is 19.5 Å². The van der Waals surface area contributed by atoms with Gasteiger partial charge < -0.3 is 14.9 Å². The molecule has 0 saturated heterocycles. The van der Waals surface area contributed by atoms with Crippen LogP contribution in [0.25, 0.3) is 0 Å². The molecule has 2 N–H and O–H groups in total. The predicted molar refractivity (Wildman–Crippen MR) is 83.7 cm³/mol. The number of carboxylic acid groups (broad SMARTS) is 2. The lowest BCUT2D eigenvalue weighted by molar-refractivity contribution is -0.139. The van der Waals surface area contributed by atoms with E-state index in [4.69, 9.17) is 9.84 Å². The summed E-state index contributed by atoms with van der Waals surface area (Å²) in [5.41, 5.74) is 1.37. The van der Waals surface area contributed by atoms with E-state index in [2.05, 4.69) is 0 Å². The van der Waals surface area contributed by atoms with Crippen molar-refractivity contribution in [3.8, 4) is 0 Å². The third-order valence-corrected chi connectivity index (χ3v) is 3.47. The third kappa shape index (κ3) is 4.95. The van der Waals surface area contributed by atoms with Gasteiger partial charge in [0, 0.05) is 5.57 Å². The van der Waals surface area contributed by atoms with Crippen molar-refractivity contribution in [1.29, 1.82) is 0 Å². The van der Waals surface area contributed by atoms with Crippen LogP contribution in [0.1, 0.15) is 53.5 Å². The highest BCUT2D eigenvalue weighted by Crippen LogP contribution is 2.17. The Bertz CT molecular complexity index is 653. The van der Waals surface area contributed by atoms with Crippen molar-refractivity contribution in [1.82, 2.24) is 0 Å². The molecule has 1 aromatic carbocycles. The van der Waals surface area contributed by atoms with Crippen LogP contribution >= 0.6 is 0 Å². The quantitative estimate of drug-likeness (QED) is 0.455. The highest BCUT2D eigenvalue weighted by molar-refractivity contribution is 6.02. The zero-order chi connectivity index (χ0) is 17.6. The van der Waals surface area contributed by atoms with Crippen molar-refractivity contribution in [2.75, 3.05) is 6.61 Å². The second-order valence-electron chi connectivity index (χ2n) is 5.31. The number of benzene rings is 1. The predicted octanol–water partition coefficient (Wildman–Crippen LogP) is 2.92. The molecule has 0 atom stereocenters. The number of hydrogen-bond acceptors (Lipinski definition) is 4. The van der Waals surface area contributed by atoms with Gasteiger partial charge in [-0.05, 0) is 45.2 Å². The van der Waals surface area contributed by atoms with Crippen LogP contribution in [0.15, 0.2) is 29.3 Å². The Morgan fingerprint density at radius 2 is 1.70 bits per heavy atom. The van der Waals surface area contributed by atoms with E-state index < -0.39 is 17.9 Å². The molecule has 0 amide bonds. The Morgan fingerprint density at radius 1 is 1.04 bits per heavy atom. The van der Waals surface area contributed by atoms with Crippen LogP contribution in [0.3, 0.4) is 0 Å². The number of aryl methyl sites for hydroxylation is 1.